The van der Waals surface area contributed by atoms with Crippen LogP contribution in [0.2, 0.25) is 0 Å². The van der Waals surface area contributed by atoms with Crippen LogP contribution in [0.3, 0.4) is 0 Å². The SMILES string of the molecule is C#Cc1c(F)cccc1C(F)(F)F. The van der Waals surface area contributed by atoms with Crippen molar-refractivity contribution in [3.05, 3.63) is 35.1 Å². The molecule has 0 radical (unpaired) electrons. The van der Waals surface area contributed by atoms with E-state index in [0.717, 1.165) is 18.2 Å². The largest absolute Gasteiger partial charge is 0.417 e. The summed E-state index contributed by atoms with van der Waals surface area (Å²) in [4.78, 5) is 0. The molecule has 0 saturated carbocycles. The van der Waals surface area contributed by atoms with E-state index in [9.17, 15) is 17.6 Å². The number of hydrogen-bond donors (Lipinski definition) is 0. The highest BCUT2D eigenvalue weighted by atomic mass is 19.4. The summed E-state index contributed by atoms with van der Waals surface area (Å²) in [5.41, 5.74) is -1.86. The quantitative estimate of drug-likeness (QED) is 0.433. The standard InChI is InChI=1S/C9H4F4/c1-2-6-7(9(11,12)13)4-3-5-8(6)10/h1,3-5H. The highest BCUT2D eigenvalue weighted by Crippen LogP contribution is 2.32. The van der Waals surface area contributed by atoms with Crippen LogP contribution in [0.25, 0.3) is 0 Å². The molecule has 0 atom stereocenters. The molecular formula is C9H4F4. The maximum atomic E-state index is 12.7. The monoisotopic (exact) mass is 188 g/mol. The number of hydrogen-bond acceptors (Lipinski definition) is 0. The fraction of sp³-hybridized carbons (Fsp3) is 0.111. The smallest absolute Gasteiger partial charge is 0.206 e. The maximum absolute atomic E-state index is 12.7. The normalized spacial score (nSPS) is 11.0. The van der Waals surface area contributed by atoms with E-state index in [1.165, 1.54) is 0 Å². The Morgan fingerprint density at radius 2 is 1.85 bits per heavy atom. The number of halogens is 4. The van der Waals surface area contributed by atoms with Gasteiger partial charge in [-0.25, -0.2) is 4.39 Å². The van der Waals surface area contributed by atoms with Crippen molar-refractivity contribution >= 4 is 0 Å². The van der Waals surface area contributed by atoms with Crippen LogP contribution in [0.1, 0.15) is 11.1 Å². The maximum Gasteiger partial charge on any atom is 0.417 e. The van der Waals surface area contributed by atoms with Gasteiger partial charge in [0.05, 0.1) is 11.1 Å². The molecule has 0 heterocycles. The molecule has 0 aliphatic rings. The zero-order valence-corrected chi connectivity index (χ0v) is 6.32. The zero-order valence-electron chi connectivity index (χ0n) is 6.32. The van der Waals surface area contributed by atoms with E-state index >= 15 is 0 Å². The molecule has 1 rings (SSSR count). The van der Waals surface area contributed by atoms with Gasteiger partial charge in [0.25, 0.3) is 0 Å². The Balaban J connectivity index is 3.40. The molecule has 13 heavy (non-hydrogen) atoms. The lowest BCUT2D eigenvalue weighted by molar-refractivity contribution is -0.138. The Morgan fingerprint density at radius 1 is 1.23 bits per heavy atom. The van der Waals surface area contributed by atoms with Crippen LogP contribution in [0.4, 0.5) is 17.6 Å². The Morgan fingerprint density at radius 3 is 2.23 bits per heavy atom. The summed E-state index contributed by atoms with van der Waals surface area (Å²) in [7, 11) is 0. The average Bonchev–Trinajstić information content (AvgIpc) is 2.02. The van der Waals surface area contributed by atoms with Crippen molar-refractivity contribution in [2.45, 2.75) is 6.18 Å². The van der Waals surface area contributed by atoms with Crippen LogP contribution in [0, 0.1) is 18.2 Å². The third-order valence-electron chi connectivity index (χ3n) is 1.46. The second kappa shape index (κ2) is 3.09. The summed E-state index contributed by atoms with van der Waals surface area (Å²) in [5.74, 6) is 0.645. The van der Waals surface area contributed by atoms with Gasteiger partial charge in [0.15, 0.2) is 0 Å². The molecule has 0 unspecified atom stereocenters. The number of rotatable bonds is 0. The molecule has 0 fully saturated rings. The van der Waals surface area contributed by atoms with Crippen LogP contribution < -0.4 is 0 Å². The first-order chi connectivity index (χ1) is 5.96. The average molecular weight is 188 g/mol. The predicted octanol–water partition coefficient (Wildman–Crippen LogP) is 2.83. The lowest BCUT2D eigenvalue weighted by atomic mass is 10.1. The topological polar surface area (TPSA) is 0 Å². The van der Waals surface area contributed by atoms with Crippen LogP contribution in [-0.4, -0.2) is 0 Å². The molecule has 0 saturated heterocycles. The molecular weight excluding hydrogens is 184 g/mol. The minimum atomic E-state index is -4.61. The fourth-order valence-electron chi connectivity index (χ4n) is 0.907. The summed E-state index contributed by atoms with van der Waals surface area (Å²) in [6.07, 6.45) is 0.151. The van der Waals surface area contributed by atoms with Crippen molar-refractivity contribution in [2.24, 2.45) is 0 Å². The summed E-state index contributed by atoms with van der Waals surface area (Å²) in [6, 6.07) is 2.61. The minimum Gasteiger partial charge on any atom is -0.206 e. The van der Waals surface area contributed by atoms with Gasteiger partial charge in [-0.2, -0.15) is 13.2 Å². The molecule has 4 heteroatoms. The van der Waals surface area contributed by atoms with Gasteiger partial charge in [-0.1, -0.05) is 12.0 Å². The van der Waals surface area contributed by atoms with E-state index < -0.39 is 23.1 Å². The van der Waals surface area contributed by atoms with Gasteiger partial charge in [-0.3, -0.25) is 0 Å². The number of terminal acetylenes is 1. The van der Waals surface area contributed by atoms with Gasteiger partial charge in [-0.15, -0.1) is 6.42 Å². The second-order valence-corrected chi connectivity index (χ2v) is 2.30. The summed E-state index contributed by atoms with van der Waals surface area (Å²) < 4.78 is 49.2. The Bertz CT molecular complexity index is 357. The molecule has 0 aliphatic heterocycles. The van der Waals surface area contributed by atoms with Crippen molar-refractivity contribution in [1.82, 2.24) is 0 Å². The van der Waals surface area contributed by atoms with E-state index in [-0.39, 0.29) is 0 Å². The summed E-state index contributed by atoms with van der Waals surface area (Å²) in [6.45, 7) is 0. The van der Waals surface area contributed by atoms with Gasteiger partial charge < -0.3 is 0 Å². The molecule has 1 aromatic rings. The molecule has 0 aliphatic carbocycles. The van der Waals surface area contributed by atoms with Crippen molar-refractivity contribution in [3.8, 4) is 12.3 Å². The van der Waals surface area contributed by atoms with Crippen molar-refractivity contribution in [1.29, 1.82) is 0 Å². The third kappa shape index (κ3) is 1.81. The van der Waals surface area contributed by atoms with E-state index in [0.29, 0.717) is 0 Å². The first-order valence-electron chi connectivity index (χ1n) is 3.29. The van der Waals surface area contributed by atoms with Crippen LogP contribution in [0.15, 0.2) is 18.2 Å². The van der Waals surface area contributed by atoms with Crippen LogP contribution >= 0.6 is 0 Å². The Kier molecular flexibility index (Phi) is 2.28. The first kappa shape index (κ1) is 9.59. The summed E-state index contributed by atoms with van der Waals surface area (Å²) in [5, 5.41) is 0. The van der Waals surface area contributed by atoms with Crippen molar-refractivity contribution in [3.63, 3.8) is 0 Å². The molecule has 0 N–H and O–H groups in total. The van der Waals surface area contributed by atoms with E-state index in [4.69, 9.17) is 6.42 Å². The summed E-state index contributed by atoms with van der Waals surface area (Å²) >= 11 is 0. The molecule has 1 aromatic carbocycles. The first-order valence-corrected chi connectivity index (χ1v) is 3.29. The Labute approximate surface area is 72.2 Å². The predicted molar refractivity (Wildman–Crippen MR) is 39.3 cm³/mol. The van der Waals surface area contributed by atoms with Gasteiger partial charge >= 0.3 is 6.18 Å². The molecule has 0 bridgehead atoms. The number of alkyl halides is 3. The zero-order chi connectivity index (χ0) is 10.1. The Hall–Kier alpha value is -1.50. The fourth-order valence-corrected chi connectivity index (χ4v) is 0.907. The highest BCUT2D eigenvalue weighted by Gasteiger charge is 2.33. The molecule has 0 amide bonds. The van der Waals surface area contributed by atoms with E-state index in [1.54, 1.807) is 5.92 Å². The van der Waals surface area contributed by atoms with E-state index in [1.807, 2.05) is 0 Å². The molecule has 0 spiro atoms. The minimum absolute atomic E-state index is 0.741. The lowest BCUT2D eigenvalue weighted by Crippen LogP contribution is -2.08. The van der Waals surface area contributed by atoms with Crippen LogP contribution in [0.5, 0.6) is 0 Å². The molecule has 0 aromatic heterocycles. The van der Waals surface area contributed by atoms with Gasteiger partial charge in [-0.05, 0) is 12.1 Å². The molecule has 0 nitrogen and oxygen atoms in total. The second-order valence-electron chi connectivity index (χ2n) is 2.30. The lowest BCUT2D eigenvalue weighted by Gasteiger charge is -2.08. The third-order valence-corrected chi connectivity index (χ3v) is 1.46. The van der Waals surface area contributed by atoms with Gasteiger partial charge in [0.1, 0.15) is 5.82 Å². The van der Waals surface area contributed by atoms with Crippen molar-refractivity contribution in [2.75, 3.05) is 0 Å². The number of benzene rings is 1. The van der Waals surface area contributed by atoms with Gasteiger partial charge in [0, 0.05) is 0 Å². The van der Waals surface area contributed by atoms with Gasteiger partial charge in [0.2, 0.25) is 0 Å². The van der Waals surface area contributed by atoms with Crippen molar-refractivity contribution < 1.29 is 17.6 Å². The highest BCUT2D eigenvalue weighted by molar-refractivity contribution is 5.42. The van der Waals surface area contributed by atoms with E-state index in [2.05, 4.69) is 0 Å². The van der Waals surface area contributed by atoms with Crippen LogP contribution in [-0.2, 0) is 6.18 Å². The molecule has 68 valence electrons.